The average Bonchev–Trinajstić information content (AvgIpc) is 2.68. The van der Waals surface area contributed by atoms with Crippen LogP contribution in [-0.4, -0.2) is 65.0 Å². The van der Waals surface area contributed by atoms with Crippen LogP contribution in [0.5, 0.6) is 0 Å². The Balaban J connectivity index is 1.68. The maximum absolute atomic E-state index is 12.6. The summed E-state index contributed by atoms with van der Waals surface area (Å²) in [5.41, 5.74) is 0.694. The highest BCUT2D eigenvalue weighted by molar-refractivity contribution is 7.89. The van der Waals surface area contributed by atoms with Gasteiger partial charge in [-0.15, -0.1) is 0 Å². The number of piperidine rings is 1. The van der Waals surface area contributed by atoms with Gasteiger partial charge in [0.1, 0.15) is 4.90 Å². The Morgan fingerprint density at radius 3 is 2.52 bits per heavy atom. The molecule has 7 nitrogen and oxygen atoms in total. The minimum absolute atomic E-state index is 0.0581. The van der Waals surface area contributed by atoms with Crippen molar-refractivity contribution in [3.63, 3.8) is 0 Å². The fraction of sp³-hybridized carbons (Fsp3) is 0.588. The third-order valence-electron chi connectivity index (χ3n) is 4.96. The van der Waals surface area contributed by atoms with Crippen LogP contribution in [0.2, 0.25) is 0 Å². The Bertz CT molecular complexity index is 708. The fourth-order valence-electron chi connectivity index (χ4n) is 3.51. The molecule has 2 fully saturated rings. The van der Waals surface area contributed by atoms with Crippen molar-refractivity contribution in [1.82, 2.24) is 14.9 Å². The monoisotopic (exact) mass is 366 g/mol. The number of carbonyl (C=O) groups excluding carboxylic acids is 1. The lowest BCUT2D eigenvalue weighted by Crippen LogP contribution is -2.55. The Hall–Kier alpha value is -1.64. The number of nitrogens with one attached hydrogen (secondary N) is 2. The number of carbonyl (C=O) groups is 1. The molecule has 1 aromatic carbocycles. The lowest BCUT2D eigenvalue weighted by molar-refractivity contribution is -0.134. The van der Waals surface area contributed by atoms with E-state index < -0.39 is 10.0 Å². The van der Waals surface area contributed by atoms with E-state index in [1.165, 1.54) is 7.05 Å². The van der Waals surface area contributed by atoms with E-state index in [9.17, 15) is 13.2 Å². The second-order valence-corrected chi connectivity index (χ2v) is 8.35. The maximum atomic E-state index is 12.6. The summed E-state index contributed by atoms with van der Waals surface area (Å²) in [6.45, 7) is 3.41. The zero-order valence-corrected chi connectivity index (χ0v) is 15.4. The fourth-order valence-corrected chi connectivity index (χ4v) is 4.46. The standard InChI is InChI=1S/C17H26N4O3S/c1-18-25(23,24)16-8-3-2-7-15(16)20-10-12-21(13-11-20)17(22)14-6-4-5-9-19-14/h2-3,7-8,14,18-19H,4-6,9-13H2,1H3/t14-/m1/s1. The van der Waals surface area contributed by atoms with Crippen LogP contribution >= 0.6 is 0 Å². The number of benzene rings is 1. The van der Waals surface area contributed by atoms with Gasteiger partial charge in [-0.1, -0.05) is 18.6 Å². The summed E-state index contributed by atoms with van der Waals surface area (Å²) in [5.74, 6) is 0.176. The first kappa shape index (κ1) is 18.2. The number of rotatable bonds is 4. The molecule has 2 aliphatic heterocycles. The Labute approximate surface area is 149 Å². The second-order valence-electron chi connectivity index (χ2n) is 6.49. The Morgan fingerprint density at radius 1 is 1.16 bits per heavy atom. The summed E-state index contributed by atoms with van der Waals surface area (Å²) in [6.07, 6.45) is 3.13. The van der Waals surface area contributed by atoms with Crippen molar-refractivity contribution in [3.05, 3.63) is 24.3 Å². The van der Waals surface area contributed by atoms with Gasteiger partial charge in [0.2, 0.25) is 15.9 Å². The van der Waals surface area contributed by atoms with Gasteiger partial charge >= 0.3 is 0 Å². The number of sulfonamides is 1. The second kappa shape index (κ2) is 7.72. The van der Waals surface area contributed by atoms with Crippen LogP contribution in [0.25, 0.3) is 0 Å². The van der Waals surface area contributed by atoms with Gasteiger partial charge in [-0.25, -0.2) is 13.1 Å². The molecular weight excluding hydrogens is 340 g/mol. The molecule has 25 heavy (non-hydrogen) atoms. The zero-order chi connectivity index (χ0) is 17.9. The van der Waals surface area contributed by atoms with Gasteiger partial charge in [-0.05, 0) is 38.6 Å². The largest absolute Gasteiger partial charge is 0.367 e. The summed E-state index contributed by atoms with van der Waals surface area (Å²) in [6, 6.07) is 6.95. The molecule has 1 atom stereocenters. The van der Waals surface area contributed by atoms with Crippen molar-refractivity contribution < 1.29 is 13.2 Å². The van der Waals surface area contributed by atoms with Gasteiger partial charge in [0, 0.05) is 26.2 Å². The molecule has 1 aromatic rings. The zero-order valence-electron chi connectivity index (χ0n) is 14.6. The van der Waals surface area contributed by atoms with Crippen LogP contribution in [0.1, 0.15) is 19.3 Å². The summed E-state index contributed by atoms with van der Waals surface area (Å²) in [7, 11) is -2.09. The molecule has 0 spiro atoms. The molecule has 0 unspecified atom stereocenters. The van der Waals surface area contributed by atoms with Crippen LogP contribution < -0.4 is 14.9 Å². The molecule has 0 saturated carbocycles. The molecule has 2 N–H and O–H groups in total. The van der Waals surface area contributed by atoms with Gasteiger partial charge in [0.25, 0.3) is 0 Å². The molecule has 0 aromatic heterocycles. The molecule has 1 amide bonds. The number of amides is 1. The summed E-state index contributed by atoms with van der Waals surface area (Å²) in [4.78, 5) is 16.8. The molecule has 2 saturated heterocycles. The smallest absolute Gasteiger partial charge is 0.242 e. The van der Waals surface area contributed by atoms with E-state index in [1.807, 2.05) is 21.9 Å². The molecule has 3 rings (SSSR count). The number of hydrogen-bond donors (Lipinski definition) is 2. The molecule has 0 radical (unpaired) electrons. The first-order chi connectivity index (χ1) is 12.0. The van der Waals surface area contributed by atoms with Crippen molar-refractivity contribution in [2.45, 2.75) is 30.2 Å². The van der Waals surface area contributed by atoms with Crippen LogP contribution in [0, 0.1) is 0 Å². The quantitative estimate of drug-likeness (QED) is 0.805. The van der Waals surface area contributed by atoms with Gasteiger partial charge in [0.15, 0.2) is 0 Å². The lowest BCUT2D eigenvalue weighted by atomic mass is 10.0. The van der Waals surface area contributed by atoms with Crippen LogP contribution in [-0.2, 0) is 14.8 Å². The predicted molar refractivity (Wildman–Crippen MR) is 97.1 cm³/mol. The average molecular weight is 366 g/mol. The highest BCUT2D eigenvalue weighted by Gasteiger charge is 2.29. The van der Waals surface area contributed by atoms with Gasteiger partial charge in [-0.2, -0.15) is 0 Å². The van der Waals surface area contributed by atoms with Crippen molar-refractivity contribution in [1.29, 1.82) is 0 Å². The summed E-state index contributed by atoms with van der Waals surface area (Å²) in [5, 5.41) is 3.30. The van der Waals surface area contributed by atoms with E-state index >= 15 is 0 Å². The van der Waals surface area contributed by atoms with Crippen LogP contribution in [0.4, 0.5) is 5.69 Å². The highest BCUT2D eigenvalue weighted by atomic mass is 32.2. The molecule has 2 heterocycles. The van der Waals surface area contributed by atoms with Gasteiger partial charge in [-0.3, -0.25) is 4.79 Å². The number of anilines is 1. The van der Waals surface area contributed by atoms with Crippen molar-refractivity contribution >= 4 is 21.6 Å². The molecule has 0 bridgehead atoms. The summed E-state index contributed by atoms with van der Waals surface area (Å²) >= 11 is 0. The Kier molecular flexibility index (Phi) is 5.61. The van der Waals surface area contributed by atoms with Crippen molar-refractivity contribution in [3.8, 4) is 0 Å². The van der Waals surface area contributed by atoms with Gasteiger partial charge in [0.05, 0.1) is 11.7 Å². The van der Waals surface area contributed by atoms with Gasteiger partial charge < -0.3 is 15.1 Å². The maximum Gasteiger partial charge on any atom is 0.242 e. The molecule has 138 valence electrons. The first-order valence-electron chi connectivity index (χ1n) is 8.82. The number of para-hydroxylation sites is 1. The minimum atomic E-state index is -3.51. The number of nitrogens with zero attached hydrogens (tertiary/aromatic N) is 2. The number of piperazine rings is 1. The van der Waals surface area contributed by atoms with E-state index in [1.54, 1.807) is 12.1 Å². The highest BCUT2D eigenvalue weighted by Crippen LogP contribution is 2.26. The third-order valence-corrected chi connectivity index (χ3v) is 6.43. The van der Waals surface area contributed by atoms with Crippen LogP contribution in [0.15, 0.2) is 29.2 Å². The third kappa shape index (κ3) is 3.96. The minimum Gasteiger partial charge on any atom is -0.367 e. The predicted octanol–water partition coefficient (Wildman–Crippen LogP) is 0.385. The van der Waals surface area contributed by atoms with Crippen molar-refractivity contribution in [2.24, 2.45) is 0 Å². The number of hydrogen-bond acceptors (Lipinski definition) is 5. The molecule has 2 aliphatic rings. The SMILES string of the molecule is CNS(=O)(=O)c1ccccc1N1CCN(C(=O)[C@H]2CCCCN2)CC1. The summed E-state index contributed by atoms with van der Waals surface area (Å²) < 4.78 is 26.8. The van der Waals surface area contributed by atoms with E-state index in [4.69, 9.17) is 0 Å². The normalized spacial score (nSPS) is 22.0. The van der Waals surface area contributed by atoms with Crippen LogP contribution in [0.3, 0.4) is 0 Å². The van der Waals surface area contributed by atoms with E-state index in [2.05, 4.69) is 10.0 Å². The molecular formula is C17H26N4O3S. The van der Waals surface area contributed by atoms with E-state index in [0.29, 0.717) is 31.9 Å². The molecule has 8 heteroatoms. The van der Waals surface area contributed by atoms with E-state index in [-0.39, 0.29) is 16.8 Å². The van der Waals surface area contributed by atoms with E-state index in [0.717, 1.165) is 25.8 Å². The van der Waals surface area contributed by atoms with Crippen molar-refractivity contribution in [2.75, 3.05) is 44.7 Å². The Morgan fingerprint density at radius 2 is 1.88 bits per heavy atom. The lowest BCUT2D eigenvalue weighted by Gasteiger charge is -2.38. The topological polar surface area (TPSA) is 81.8 Å². The molecule has 0 aliphatic carbocycles. The first-order valence-corrected chi connectivity index (χ1v) is 10.3.